The standard InChI is InChI=1S/C22H36N2O4.C15H30N2O4.C13H27NO4.C13H19NO2.C9H17NO3.C2H4O2.C2H6O.ClH.H2O/c1-17(2)19(20(25)27-16-18-12-9-8-10-13-18)23(6)14-11-15-24(7)21(26)28-22(3,4)5;1-11(2)12(13(18)19)16(6)9-8-10-17(7)14(20)21-15(3,4)5;1-7-16-11(17-8-2)9-10-14(6)12(15)18-13(3,4)5;1-10(2)12(14-3)13(15)16-9-11-7-5-4-6-8-11;1-9(2,3)13-8(12)10(4)6-5-7-11;1-2(3)4;1-2-3;;/h8-10,12-13,17,19H,11,14-16H2,1-7H3;11-12H,8-10H2,1-7H3,(H,18,19);11H,7-10H2,1-6H3;4-8,10,12,14H,9H2,1-3H3;7H,5-6H2,1-4H3;1H3,(H,3,4);3H,2H2,1H3;1H;1H2/t19-;12-;;12-;;;;;/m00.0...../s1. The average molecular weight is 1530 g/mol. The number of nitrogens with one attached hydrogen (secondary N) is 1. The largest absolute Gasteiger partial charge is 0.481 e. The summed E-state index contributed by atoms with van der Waals surface area (Å²) in [7, 11) is 12.2. The minimum atomic E-state index is -0.833. The number of aldehydes is 1. The molecule has 2 aromatic carbocycles. The third kappa shape index (κ3) is 65.1. The molecule has 0 radical (unpaired) electrons. The van der Waals surface area contributed by atoms with Gasteiger partial charge in [0.25, 0.3) is 5.97 Å². The van der Waals surface area contributed by atoms with Gasteiger partial charge in [0.15, 0.2) is 6.29 Å². The van der Waals surface area contributed by atoms with Gasteiger partial charge in [-0.25, -0.2) is 19.2 Å². The molecule has 4 amide bonds. The predicted octanol–water partition coefficient (Wildman–Crippen LogP) is 12.0. The maximum Gasteiger partial charge on any atom is 0.410 e. The number of carboxylic acid groups (broad SMARTS) is 2. The summed E-state index contributed by atoms with van der Waals surface area (Å²) < 4.78 is 42.5. The average Bonchev–Trinajstić information content (AvgIpc) is 0.886. The van der Waals surface area contributed by atoms with Crippen molar-refractivity contribution >= 4 is 66.9 Å². The molecular weight excluding hydrogens is 1380 g/mol. The van der Waals surface area contributed by atoms with Gasteiger partial charge in [0.1, 0.15) is 60.0 Å². The van der Waals surface area contributed by atoms with Gasteiger partial charge in [0.2, 0.25) is 0 Å². The Labute approximate surface area is 636 Å². The Balaban J connectivity index is -0.000000227. The molecule has 0 saturated heterocycles. The van der Waals surface area contributed by atoms with Crippen molar-refractivity contribution in [1.29, 1.82) is 0 Å². The van der Waals surface area contributed by atoms with Crippen LogP contribution in [0.5, 0.6) is 0 Å². The fourth-order valence-electron chi connectivity index (χ4n) is 8.55. The number of halogens is 1. The fourth-order valence-corrected chi connectivity index (χ4v) is 8.55. The number of rotatable bonds is 31. The Morgan fingerprint density at radius 3 is 1.05 bits per heavy atom. The SMILES string of the molecule is CC(=O)O.CC(C)[C@@H](C(=O)O)N(C)CCCN(C)C(=O)OC(C)(C)C.CC(C)[C@@H](C(=O)OCc1ccccc1)N(C)CCCN(C)C(=O)OC(C)(C)C.CCO.CCOC(CCN(C)C(=O)OC(C)(C)C)OCC.CN(CCC=O)C(=O)OC(C)(C)C.CN[C@H](C(=O)OCc1ccccc1)C(C)C.Cl.O. The van der Waals surface area contributed by atoms with Gasteiger partial charge in [0.05, 0.1) is 0 Å². The maximum absolute atomic E-state index is 12.6. The Kier molecular flexibility index (Phi) is 64.9. The second-order valence-corrected chi connectivity index (χ2v) is 29.1. The summed E-state index contributed by atoms with van der Waals surface area (Å²) in [5.74, 6) is -1.67. The molecule has 0 aromatic heterocycles. The van der Waals surface area contributed by atoms with E-state index in [0.29, 0.717) is 78.4 Å². The monoisotopic (exact) mass is 1520 g/mol. The van der Waals surface area contributed by atoms with Crippen LogP contribution < -0.4 is 5.32 Å². The van der Waals surface area contributed by atoms with E-state index in [1.165, 1.54) is 14.7 Å². The first-order valence-corrected chi connectivity index (χ1v) is 35.4. The van der Waals surface area contributed by atoms with E-state index in [4.69, 9.17) is 52.9 Å². The quantitative estimate of drug-likeness (QED) is 0.0236. The molecular formula is C76H142ClN7O21. The maximum atomic E-state index is 12.6. The zero-order chi connectivity index (χ0) is 81.0. The van der Waals surface area contributed by atoms with Crippen LogP contribution in [0.25, 0.3) is 0 Å². The summed E-state index contributed by atoms with van der Waals surface area (Å²) >= 11 is 0. The molecule has 29 heteroatoms. The van der Waals surface area contributed by atoms with Gasteiger partial charge in [-0.15, -0.1) is 12.4 Å². The highest BCUT2D eigenvalue weighted by molar-refractivity contribution is 5.85. The highest BCUT2D eigenvalue weighted by Gasteiger charge is 2.30. The second kappa shape index (κ2) is 61.1. The van der Waals surface area contributed by atoms with E-state index in [0.717, 1.165) is 30.8 Å². The molecule has 3 atom stereocenters. The Hall–Kier alpha value is -6.92. The minimum Gasteiger partial charge on any atom is -0.481 e. The van der Waals surface area contributed by atoms with Crippen molar-refractivity contribution in [3.63, 3.8) is 0 Å². The van der Waals surface area contributed by atoms with Crippen molar-refractivity contribution in [3.8, 4) is 0 Å². The predicted molar refractivity (Wildman–Crippen MR) is 414 cm³/mol. The Bertz CT molecular complexity index is 2590. The number of benzene rings is 2. The summed E-state index contributed by atoms with van der Waals surface area (Å²) in [6.45, 7) is 45.8. The molecule has 0 aliphatic carbocycles. The van der Waals surface area contributed by atoms with Crippen LogP contribution in [0.3, 0.4) is 0 Å². The van der Waals surface area contributed by atoms with Crippen molar-refractivity contribution in [2.45, 2.75) is 238 Å². The summed E-state index contributed by atoms with van der Waals surface area (Å²) in [5.41, 5.74) is 0.0213. The third-order valence-corrected chi connectivity index (χ3v) is 13.2. The van der Waals surface area contributed by atoms with Crippen molar-refractivity contribution in [2.24, 2.45) is 17.8 Å². The number of ether oxygens (including phenoxy) is 8. The number of aliphatic hydroxyl groups is 1. The first kappa shape index (κ1) is 111. The van der Waals surface area contributed by atoms with Crippen molar-refractivity contribution in [2.75, 3.05) is 108 Å². The number of carbonyl (C=O) groups excluding carboxylic acids is 7. The van der Waals surface area contributed by atoms with E-state index in [1.54, 1.807) is 74.9 Å². The first-order valence-electron chi connectivity index (χ1n) is 35.4. The first-order chi connectivity index (χ1) is 47.4. The number of likely N-dealkylation sites (N-methyl/N-ethyl adjacent to an activating group) is 3. The van der Waals surface area contributed by atoms with E-state index in [2.05, 4.69) is 5.32 Å². The molecule has 0 heterocycles. The number of aliphatic hydroxyl groups excluding tert-OH is 1. The molecule has 0 unspecified atom stereocenters. The third-order valence-electron chi connectivity index (χ3n) is 13.2. The summed E-state index contributed by atoms with van der Waals surface area (Å²) in [6, 6.07) is 18.3. The van der Waals surface area contributed by atoms with Crippen LogP contribution in [-0.2, 0) is 75.1 Å². The number of hydrogen-bond acceptors (Lipinski definition) is 21. The summed E-state index contributed by atoms with van der Waals surface area (Å²) in [6.07, 6.45) is 1.52. The summed E-state index contributed by atoms with van der Waals surface area (Å²) in [4.78, 5) is 111. The highest BCUT2D eigenvalue weighted by Crippen LogP contribution is 2.17. The normalized spacial score (nSPS) is 11.7. The molecule has 0 aliphatic heterocycles. The number of amides is 4. The lowest BCUT2D eigenvalue weighted by Crippen LogP contribution is -2.44. The van der Waals surface area contributed by atoms with Crippen LogP contribution in [0.2, 0.25) is 0 Å². The van der Waals surface area contributed by atoms with Gasteiger partial charge in [-0.05, 0) is 167 Å². The molecule has 0 spiro atoms. The number of hydrogen-bond donors (Lipinski definition) is 4. The molecule has 0 bridgehead atoms. The Morgan fingerprint density at radius 1 is 0.486 bits per heavy atom. The smallest absolute Gasteiger partial charge is 0.410 e. The van der Waals surface area contributed by atoms with Crippen LogP contribution in [-0.4, -0.2) is 260 Å². The van der Waals surface area contributed by atoms with Gasteiger partial charge in [-0.1, -0.05) is 102 Å². The van der Waals surface area contributed by atoms with Gasteiger partial charge < -0.3 is 88.4 Å². The van der Waals surface area contributed by atoms with E-state index >= 15 is 0 Å². The van der Waals surface area contributed by atoms with Crippen LogP contribution in [0, 0.1) is 17.8 Å². The van der Waals surface area contributed by atoms with E-state index < -0.39 is 46.5 Å². The van der Waals surface area contributed by atoms with Crippen molar-refractivity contribution in [1.82, 2.24) is 34.7 Å². The van der Waals surface area contributed by atoms with E-state index in [-0.39, 0.29) is 97.4 Å². The number of carboxylic acids is 2. The lowest BCUT2D eigenvalue weighted by molar-refractivity contribution is -0.153. The molecule has 28 nitrogen and oxygen atoms in total. The van der Waals surface area contributed by atoms with Crippen LogP contribution >= 0.6 is 12.4 Å². The van der Waals surface area contributed by atoms with Crippen LogP contribution in [0.15, 0.2) is 60.7 Å². The van der Waals surface area contributed by atoms with Gasteiger partial charge in [-0.3, -0.25) is 29.0 Å². The summed E-state index contributed by atoms with van der Waals surface area (Å²) in [5, 5.41) is 27.2. The molecule has 2 aromatic rings. The highest BCUT2D eigenvalue weighted by atomic mass is 35.5. The number of aliphatic carboxylic acids is 2. The molecule has 0 saturated carbocycles. The number of esters is 2. The topological polar surface area (TPSA) is 351 Å². The fraction of sp³-hybridized carbons (Fsp3) is 0.724. The van der Waals surface area contributed by atoms with Gasteiger partial charge in [0, 0.05) is 107 Å². The van der Waals surface area contributed by atoms with Crippen LogP contribution in [0.1, 0.15) is 189 Å². The minimum absolute atomic E-state index is 0. The molecule has 0 fully saturated rings. The molecule has 105 heavy (non-hydrogen) atoms. The molecule has 614 valence electrons. The van der Waals surface area contributed by atoms with Gasteiger partial charge >= 0.3 is 42.3 Å². The molecule has 2 rings (SSSR count). The zero-order valence-electron chi connectivity index (χ0n) is 69.4. The molecule has 0 aliphatic rings. The lowest BCUT2D eigenvalue weighted by atomic mass is 10.0. The van der Waals surface area contributed by atoms with E-state index in [1.807, 2.05) is 195 Å². The van der Waals surface area contributed by atoms with Gasteiger partial charge in [-0.2, -0.15) is 0 Å². The van der Waals surface area contributed by atoms with Crippen molar-refractivity contribution < 1.29 is 102 Å². The number of nitrogens with zero attached hydrogens (tertiary/aromatic N) is 6. The Morgan fingerprint density at radius 2 is 0.781 bits per heavy atom. The zero-order valence-corrected chi connectivity index (χ0v) is 70.2. The number of carbonyl (C=O) groups is 9. The van der Waals surface area contributed by atoms with E-state index in [9.17, 15) is 43.5 Å². The second-order valence-electron chi connectivity index (χ2n) is 29.1. The molecule has 6 N–H and O–H groups in total. The van der Waals surface area contributed by atoms with Crippen LogP contribution in [0.4, 0.5) is 19.2 Å². The van der Waals surface area contributed by atoms with Crippen molar-refractivity contribution in [3.05, 3.63) is 71.8 Å². The lowest BCUT2D eigenvalue weighted by Gasteiger charge is -2.30.